The number of benzene rings is 2. The lowest BCUT2D eigenvalue weighted by molar-refractivity contribution is -0.123. The molecule has 0 heterocycles. The molecule has 0 aliphatic heterocycles. The van der Waals surface area contributed by atoms with Crippen molar-refractivity contribution >= 4 is 17.5 Å². The second-order valence-electron chi connectivity index (χ2n) is 5.53. The Kier molecular flexibility index (Phi) is 6.95. The fourth-order valence-corrected chi connectivity index (χ4v) is 2.67. The van der Waals surface area contributed by atoms with Crippen LogP contribution in [0.25, 0.3) is 0 Å². The van der Waals surface area contributed by atoms with Gasteiger partial charge in [-0.25, -0.2) is 0 Å². The molecule has 1 N–H and O–H groups in total. The third-order valence-corrected chi connectivity index (χ3v) is 3.74. The molecule has 0 bridgehead atoms. The highest BCUT2D eigenvalue weighted by atomic mass is 35.5. The third kappa shape index (κ3) is 5.87. The first kappa shape index (κ1) is 18.9. The van der Waals surface area contributed by atoms with Crippen LogP contribution in [0, 0.1) is 13.8 Å². The van der Waals surface area contributed by atoms with Crippen LogP contribution in [0.1, 0.15) is 11.1 Å². The zero-order valence-corrected chi connectivity index (χ0v) is 15.4. The molecule has 2 aromatic carbocycles. The number of amides is 1. The summed E-state index contributed by atoms with van der Waals surface area (Å²) >= 11 is 5.98. The number of hydrogen-bond donors (Lipinski definition) is 1. The summed E-state index contributed by atoms with van der Waals surface area (Å²) in [5.74, 6) is 1.98. The molecule has 0 spiro atoms. The van der Waals surface area contributed by atoms with E-state index in [1.807, 2.05) is 50.2 Å². The summed E-state index contributed by atoms with van der Waals surface area (Å²) in [4.78, 5) is 11.9. The number of carbonyl (C=O) groups is 1. The highest BCUT2D eigenvalue weighted by Crippen LogP contribution is 2.26. The average Bonchev–Trinajstić information content (AvgIpc) is 2.58. The molecule has 0 fully saturated rings. The van der Waals surface area contributed by atoms with Gasteiger partial charge in [0.2, 0.25) is 0 Å². The van der Waals surface area contributed by atoms with E-state index in [1.165, 1.54) is 0 Å². The van der Waals surface area contributed by atoms with E-state index in [9.17, 15) is 4.79 Å². The highest BCUT2D eigenvalue weighted by Gasteiger charge is 2.08. The van der Waals surface area contributed by atoms with Crippen molar-refractivity contribution in [2.24, 2.45) is 0 Å². The van der Waals surface area contributed by atoms with Crippen LogP contribution in [0.5, 0.6) is 17.2 Å². The van der Waals surface area contributed by atoms with Crippen molar-refractivity contribution in [1.29, 1.82) is 0 Å². The molecular formula is C19H22ClNO4. The van der Waals surface area contributed by atoms with Crippen molar-refractivity contribution in [3.05, 3.63) is 52.5 Å². The molecule has 0 unspecified atom stereocenters. The third-order valence-electron chi connectivity index (χ3n) is 3.53. The minimum absolute atomic E-state index is 0.0498. The van der Waals surface area contributed by atoms with Gasteiger partial charge in [0.15, 0.2) is 6.61 Å². The zero-order valence-electron chi connectivity index (χ0n) is 14.6. The second kappa shape index (κ2) is 9.18. The van der Waals surface area contributed by atoms with E-state index in [1.54, 1.807) is 7.11 Å². The van der Waals surface area contributed by atoms with Gasteiger partial charge in [-0.05, 0) is 61.4 Å². The monoisotopic (exact) mass is 363 g/mol. The van der Waals surface area contributed by atoms with Crippen LogP contribution >= 0.6 is 11.6 Å². The predicted octanol–water partition coefficient (Wildman–Crippen LogP) is 3.54. The molecule has 1 amide bonds. The minimum atomic E-state index is -0.202. The number of carbonyl (C=O) groups excluding carboxylic acids is 1. The number of methoxy groups -OCH3 is 1. The van der Waals surface area contributed by atoms with Gasteiger partial charge < -0.3 is 19.5 Å². The van der Waals surface area contributed by atoms with Gasteiger partial charge in [-0.15, -0.1) is 0 Å². The quantitative estimate of drug-likeness (QED) is 0.729. The Morgan fingerprint density at radius 3 is 2.24 bits per heavy atom. The minimum Gasteiger partial charge on any atom is -0.497 e. The average molecular weight is 364 g/mol. The fourth-order valence-electron chi connectivity index (χ4n) is 2.35. The van der Waals surface area contributed by atoms with Crippen LogP contribution in [-0.4, -0.2) is 32.8 Å². The topological polar surface area (TPSA) is 56.8 Å². The predicted molar refractivity (Wildman–Crippen MR) is 97.9 cm³/mol. The molecule has 0 aliphatic rings. The van der Waals surface area contributed by atoms with Crippen molar-refractivity contribution in [3.63, 3.8) is 0 Å². The summed E-state index contributed by atoms with van der Waals surface area (Å²) in [7, 11) is 1.61. The van der Waals surface area contributed by atoms with Crippen molar-refractivity contribution in [1.82, 2.24) is 5.32 Å². The number of aryl methyl sites for hydroxylation is 2. The highest BCUT2D eigenvalue weighted by molar-refractivity contribution is 6.30. The van der Waals surface area contributed by atoms with Crippen LogP contribution in [0.4, 0.5) is 0 Å². The van der Waals surface area contributed by atoms with E-state index in [0.29, 0.717) is 23.9 Å². The largest absolute Gasteiger partial charge is 0.497 e. The first-order chi connectivity index (χ1) is 12.0. The molecule has 0 aromatic heterocycles. The lowest BCUT2D eigenvalue weighted by atomic mass is 10.1. The number of halogens is 1. The molecule has 5 nitrogen and oxygen atoms in total. The van der Waals surface area contributed by atoms with Crippen molar-refractivity contribution in [2.45, 2.75) is 13.8 Å². The van der Waals surface area contributed by atoms with Gasteiger partial charge in [-0.2, -0.15) is 0 Å². The number of hydrogen-bond acceptors (Lipinski definition) is 4. The SMILES string of the molecule is COc1ccc(OCCNC(=O)COc2c(C)cc(Cl)cc2C)cc1. The first-order valence-electron chi connectivity index (χ1n) is 7.92. The van der Waals surface area contributed by atoms with Gasteiger partial charge in [-0.3, -0.25) is 4.79 Å². The smallest absolute Gasteiger partial charge is 0.258 e. The Morgan fingerprint density at radius 1 is 1.04 bits per heavy atom. The Bertz CT molecular complexity index is 693. The first-order valence-corrected chi connectivity index (χ1v) is 8.30. The second-order valence-corrected chi connectivity index (χ2v) is 5.97. The van der Waals surface area contributed by atoms with Gasteiger partial charge >= 0.3 is 0 Å². The van der Waals surface area contributed by atoms with E-state index >= 15 is 0 Å². The zero-order chi connectivity index (χ0) is 18.2. The standard InChI is InChI=1S/C19H22ClNO4/c1-13-10-15(20)11-14(2)19(13)25-12-18(22)21-8-9-24-17-6-4-16(23-3)5-7-17/h4-7,10-11H,8-9,12H2,1-3H3,(H,21,22). The molecule has 2 rings (SSSR count). The van der Waals surface area contributed by atoms with Crippen LogP contribution in [0.15, 0.2) is 36.4 Å². The van der Waals surface area contributed by atoms with Crippen LogP contribution in [0.2, 0.25) is 5.02 Å². The van der Waals surface area contributed by atoms with Gasteiger partial charge in [0.25, 0.3) is 5.91 Å². The molecular weight excluding hydrogens is 342 g/mol. The summed E-state index contributed by atoms with van der Waals surface area (Å²) in [5.41, 5.74) is 1.81. The fraction of sp³-hybridized carbons (Fsp3) is 0.316. The summed E-state index contributed by atoms with van der Waals surface area (Å²) in [6, 6.07) is 10.9. The number of ether oxygens (including phenoxy) is 3. The molecule has 6 heteroatoms. The Balaban J connectivity index is 1.70. The summed E-state index contributed by atoms with van der Waals surface area (Å²) < 4.78 is 16.2. The summed E-state index contributed by atoms with van der Waals surface area (Å²) in [6.45, 7) is 4.51. The maximum Gasteiger partial charge on any atom is 0.258 e. The van der Waals surface area contributed by atoms with Crippen molar-refractivity contribution in [2.75, 3.05) is 26.9 Å². The normalized spacial score (nSPS) is 10.2. The van der Waals surface area contributed by atoms with Gasteiger partial charge in [0.05, 0.1) is 13.7 Å². The molecule has 2 aromatic rings. The van der Waals surface area contributed by atoms with Crippen LogP contribution < -0.4 is 19.5 Å². The van der Waals surface area contributed by atoms with E-state index in [-0.39, 0.29) is 12.5 Å². The molecule has 0 saturated carbocycles. The lowest BCUT2D eigenvalue weighted by Gasteiger charge is -2.13. The summed E-state index contributed by atoms with van der Waals surface area (Å²) in [6.07, 6.45) is 0. The molecule has 0 atom stereocenters. The Morgan fingerprint density at radius 2 is 1.64 bits per heavy atom. The maximum absolute atomic E-state index is 11.9. The van der Waals surface area contributed by atoms with Crippen molar-refractivity contribution < 1.29 is 19.0 Å². The Labute approximate surface area is 152 Å². The number of rotatable bonds is 8. The summed E-state index contributed by atoms with van der Waals surface area (Å²) in [5, 5.41) is 3.41. The molecule has 0 radical (unpaired) electrons. The van der Waals surface area contributed by atoms with Crippen LogP contribution in [-0.2, 0) is 4.79 Å². The molecule has 25 heavy (non-hydrogen) atoms. The van der Waals surface area contributed by atoms with Gasteiger partial charge in [-0.1, -0.05) is 11.6 Å². The number of nitrogens with one attached hydrogen (secondary N) is 1. The van der Waals surface area contributed by atoms with Gasteiger partial charge in [0.1, 0.15) is 23.9 Å². The maximum atomic E-state index is 11.9. The molecule has 0 saturated heterocycles. The van der Waals surface area contributed by atoms with Crippen LogP contribution in [0.3, 0.4) is 0 Å². The lowest BCUT2D eigenvalue weighted by Crippen LogP contribution is -2.32. The van der Waals surface area contributed by atoms with E-state index in [2.05, 4.69) is 5.32 Å². The molecule has 0 aliphatic carbocycles. The van der Waals surface area contributed by atoms with E-state index < -0.39 is 0 Å². The van der Waals surface area contributed by atoms with Crippen molar-refractivity contribution in [3.8, 4) is 17.2 Å². The molecule has 134 valence electrons. The Hall–Kier alpha value is -2.40. The van der Waals surface area contributed by atoms with E-state index in [4.69, 9.17) is 25.8 Å². The van der Waals surface area contributed by atoms with E-state index in [0.717, 1.165) is 22.6 Å². The van der Waals surface area contributed by atoms with Gasteiger partial charge in [0, 0.05) is 5.02 Å².